The number of imidazole rings is 1. The van der Waals surface area contributed by atoms with Crippen molar-refractivity contribution >= 4 is 22.9 Å². The number of nitrogens with one attached hydrogen (secondary N) is 2. The molecule has 2 atom stereocenters. The van der Waals surface area contributed by atoms with E-state index in [1.165, 1.54) is 19.3 Å². The van der Waals surface area contributed by atoms with Crippen LogP contribution in [0.15, 0.2) is 24.3 Å². The maximum absolute atomic E-state index is 12.7. The van der Waals surface area contributed by atoms with E-state index < -0.39 is 0 Å². The van der Waals surface area contributed by atoms with E-state index in [-0.39, 0.29) is 23.8 Å². The lowest BCUT2D eigenvalue weighted by molar-refractivity contribution is 0.0951. The number of carbonyl (C=O) groups excluding carboxylic acids is 1. The van der Waals surface area contributed by atoms with Gasteiger partial charge in [0, 0.05) is 25.3 Å². The molecule has 0 saturated carbocycles. The number of benzene rings is 1. The number of piperidine rings is 1. The number of nitrogen functional groups attached to an aromatic ring is 1. The Balaban J connectivity index is 1.51. The smallest absolute Gasteiger partial charge is 0.320 e. The van der Waals surface area contributed by atoms with E-state index in [1.807, 2.05) is 35.8 Å². The molecular weight excluding hydrogens is 510 g/mol. The molecule has 3 heterocycles. The van der Waals surface area contributed by atoms with Crippen molar-refractivity contribution in [1.82, 2.24) is 30.2 Å². The number of fused-ring (bicyclic) bond motifs is 1. The molecule has 218 valence electrons. The summed E-state index contributed by atoms with van der Waals surface area (Å²) >= 11 is 0. The number of ether oxygens (including phenoxy) is 3. The van der Waals surface area contributed by atoms with Crippen LogP contribution in [-0.4, -0.2) is 71.0 Å². The fourth-order valence-electron chi connectivity index (χ4n) is 4.96. The van der Waals surface area contributed by atoms with Crippen molar-refractivity contribution in [1.29, 1.82) is 0 Å². The lowest BCUT2D eigenvalue weighted by Gasteiger charge is -2.23. The summed E-state index contributed by atoms with van der Waals surface area (Å²) in [7, 11) is 1.60. The summed E-state index contributed by atoms with van der Waals surface area (Å²) in [5, 5.41) is 6.57. The normalized spacial score (nSPS) is 16.3. The second-order valence-corrected chi connectivity index (χ2v) is 10.8. The third kappa shape index (κ3) is 8.04. The Morgan fingerprint density at radius 2 is 1.95 bits per heavy atom. The van der Waals surface area contributed by atoms with E-state index in [2.05, 4.69) is 39.4 Å². The van der Waals surface area contributed by atoms with E-state index in [9.17, 15) is 4.79 Å². The molecule has 11 nitrogen and oxygen atoms in total. The summed E-state index contributed by atoms with van der Waals surface area (Å²) in [6.07, 6.45) is 5.42. The quantitative estimate of drug-likeness (QED) is 0.256. The number of rotatable bonds is 14. The van der Waals surface area contributed by atoms with Crippen LogP contribution in [0.1, 0.15) is 68.8 Å². The van der Waals surface area contributed by atoms with Crippen LogP contribution in [0.3, 0.4) is 0 Å². The third-order valence-electron chi connectivity index (χ3n) is 6.94. The zero-order valence-electron chi connectivity index (χ0n) is 24.1. The van der Waals surface area contributed by atoms with Crippen molar-refractivity contribution in [2.24, 2.45) is 5.92 Å². The maximum Gasteiger partial charge on any atom is 0.320 e. The second kappa shape index (κ2) is 14.3. The third-order valence-corrected chi connectivity index (χ3v) is 6.94. The molecule has 0 aliphatic carbocycles. The van der Waals surface area contributed by atoms with Crippen molar-refractivity contribution in [2.75, 3.05) is 39.1 Å². The Labute approximate surface area is 236 Å². The molecule has 4 N–H and O–H groups in total. The van der Waals surface area contributed by atoms with E-state index >= 15 is 0 Å². The number of hydrogen-bond acceptors (Lipinski definition) is 9. The van der Waals surface area contributed by atoms with Gasteiger partial charge in [-0.1, -0.05) is 32.4 Å². The monoisotopic (exact) mass is 553 g/mol. The van der Waals surface area contributed by atoms with Gasteiger partial charge in [-0.25, -0.2) is 0 Å². The Morgan fingerprint density at radius 3 is 2.65 bits per heavy atom. The van der Waals surface area contributed by atoms with Gasteiger partial charge >= 0.3 is 6.01 Å². The molecule has 11 heteroatoms. The summed E-state index contributed by atoms with van der Waals surface area (Å²) in [5.41, 5.74) is 8.80. The summed E-state index contributed by atoms with van der Waals surface area (Å²) < 4.78 is 18.8. The highest BCUT2D eigenvalue weighted by Gasteiger charge is 2.21. The van der Waals surface area contributed by atoms with Gasteiger partial charge in [-0.3, -0.25) is 9.36 Å². The molecule has 1 aromatic carbocycles. The van der Waals surface area contributed by atoms with Crippen molar-refractivity contribution < 1.29 is 19.0 Å². The van der Waals surface area contributed by atoms with Gasteiger partial charge in [0.15, 0.2) is 17.0 Å². The van der Waals surface area contributed by atoms with Crippen LogP contribution in [0.25, 0.3) is 11.2 Å². The van der Waals surface area contributed by atoms with Crippen LogP contribution in [-0.2, 0) is 11.3 Å². The van der Waals surface area contributed by atoms with E-state index in [1.54, 1.807) is 7.11 Å². The second-order valence-electron chi connectivity index (χ2n) is 10.8. The molecule has 0 radical (unpaired) electrons. The predicted molar refractivity (Wildman–Crippen MR) is 155 cm³/mol. The zero-order valence-corrected chi connectivity index (χ0v) is 24.1. The topological polar surface area (TPSA) is 138 Å². The SMILES string of the molecule is COCCOc1nc(N)c2nc(OC(C)CC(C)C)n(Cc3ccc(C(=O)NCCC4CCCCN4)cc3)c2n1. The van der Waals surface area contributed by atoms with Gasteiger partial charge in [-0.15, -0.1) is 0 Å². The maximum atomic E-state index is 12.7. The first-order valence-electron chi connectivity index (χ1n) is 14.3. The minimum absolute atomic E-state index is 0.0583. The number of hydrogen-bond donors (Lipinski definition) is 3. The van der Waals surface area contributed by atoms with Crippen molar-refractivity contribution in [3.05, 3.63) is 35.4 Å². The van der Waals surface area contributed by atoms with Crippen LogP contribution in [0, 0.1) is 5.92 Å². The molecule has 40 heavy (non-hydrogen) atoms. The van der Waals surface area contributed by atoms with Gasteiger partial charge < -0.3 is 30.6 Å². The van der Waals surface area contributed by atoms with E-state index in [4.69, 9.17) is 19.9 Å². The fraction of sp³-hybridized carbons (Fsp3) is 0.586. The number of carbonyl (C=O) groups is 1. The van der Waals surface area contributed by atoms with Crippen molar-refractivity contribution in [3.63, 3.8) is 0 Å². The standard InChI is InChI=1S/C29H43N7O4/c1-19(2)17-20(3)40-29-33-24-25(30)34-28(39-16-15-38-4)35-26(24)36(29)18-21-8-10-22(11-9-21)27(37)32-14-12-23-7-5-6-13-31-23/h8-11,19-20,23,31H,5-7,12-18H2,1-4H3,(H,32,37)(H2,30,34,35). The number of methoxy groups -OCH3 is 1. The van der Waals surface area contributed by atoms with Gasteiger partial charge in [0.25, 0.3) is 11.9 Å². The summed E-state index contributed by atoms with van der Waals surface area (Å²) in [6.45, 7) is 9.17. The Kier molecular flexibility index (Phi) is 10.5. The largest absolute Gasteiger partial charge is 0.462 e. The lowest BCUT2D eigenvalue weighted by Crippen LogP contribution is -2.37. The summed E-state index contributed by atoms with van der Waals surface area (Å²) in [5.74, 6) is 0.615. The van der Waals surface area contributed by atoms with Gasteiger partial charge in [0.1, 0.15) is 6.61 Å². The molecule has 0 bridgehead atoms. The summed E-state index contributed by atoms with van der Waals surface area (Å²) in [6, 6.07) is 8.61. The average Bonchev–Trinajstić information content (AvgIpc) is 3.26. The highest BCUT2D eigenvalue weighted by Crippen LogP contribution is 2.28. The lowest BCUT2D eigenvalue weighted by atomic mass is 10.0. The van der Waals surface area contributed by atoms with E-state index in [0.717, 1.165) is 24.9 Å². The van der Waals surface area contributed by atoms with Crippen molar-refractivity contribution in [3.8, 4) is 12.0 Å². The molecule has 1 aliphatic rings. The molecule has 1 saturated heterocycles. The van der Waals surface area contributed by atoms with Gasteiger partial charge in [0.2, 0.25) is 0 Å². The van der Waals surface area contributed by atoms with Crippen LogP contribution in [0.2, 0.25) is 0 Å². The van der Waals surface area contributed by atoms with Gasteiger partial charge in [0.05, 0.1) is 19.3 Å². The Morgan fingerprint density at radius 1 is 1.15 bits per heavy atom. The number of nitrogens with two attached hydrogens (primary N) is 1. The molecule has 4 rings (SSSR count). The minimum atomic E-state index is -0.0691. The zero-order chi connectivity index (χ0) is 28.5. The molecule has 1 amide bonds. The first-order valence-corrected chi connectivity index (χ1v) is 14.3. The average molecular weight is 554 g/mol. The molecule has 2 aromatic heterocycles. The molecule has 0 spiro atoms. The molecule has 1 fully saturated rings. The predicted octanol–water partition coefficient (Wildman–Crippen LogP) is 3.56. The van der Waals surface area contributed by atoms with Crippen LogP contribution >= 0.6 is 0 Å². The van der Waals surface area contributed by atoms with E-state index in [0.29, 0.717) is 61.0 Å². The number of nitrogens with zero attached hydrogens (tertiary/aromatic N) is 4. The summed E-state index contributed by atoms with van der Waals surface area (Å²) in [4.78, 5) is 26.2. The van der Waals surface area contributed by atoms with Crippen LogP contribution < -0.4 is 25.8 Å². The van der Waals surface area contributed by atoms with Gasteiger partial charge in [-0.05, 0) is 62.8 Å². The Bertz CT molecular complexity index is 1240. The number of anilines is 1. The highest BCUT2D eigenvalue weighted by atomic mass is 16.5. The molecule has 1 aliphatic heterocycles. The molecular formula is C29H43N7O4. The van der Waals surface area contributed by atoms with Crippen LogP contribution in [0.5, 0.6) is 12.0 Å². The minimum Gasteiger partial charge on any atom is -0.462 e. The first-order chi connectivity index (χ1) is 19.3. The highest BCUT2D eigenvalue weighted by molar-refractivity contribution is 5.94. The Hall–Kier alpha value is -3.44. The van der Waals surface area contributed by atoms with Crippen LogP contribution in [0.4, 0.5) is 5.82 Å². The fourth-order valence-corrected chi connectivity index (χ4v) is 4.96. The molecule has 3 aromatic rings. The first kappa shape index (κ1) is 29.5. The molecule has 2 unspecified atom stereocenters. The van der Waals surface area contributed by atoms with Crippen molar-refractivity contribution in [2.45, 2.75) is 71.6 Å². The van der Waals surface area contributed by atoms with Gasteiger partial charge in [-0.2, -0.15) is 15.0 Å². The number of aromatic nitrogens is 4. The number of amides is 1.